The van der Waals surface area contributed by atoms with Crippen LogP contribution in [0.4, 0.5) is 0 Å². The average molecular weight is 850 g/mol. The van der Waals surface area contributed by atoms with E-state index >= 15 is 0 Å². The SMILES string of the molecule is CCc1cc(-c2[c-]cccc2)ncc1[Si](C)(C)C.Cc1cc2oc3c(-c4nc5cc(C)nc(C)c5n4-c4ccccc4)[c-]ccc3c2cn1.[Ir]. The minimum atomic E-state index is -1.30. The molecule has 0 atom stereocenters. The molecule has 0 aliphatic heterocycles. The van der Waals surface area contributed by atoms with Gasteiger partial charge in [-0.3, -0.25) is 15.0 Å². The van der Waals surface area contributed by atoms with Gasteiger partial charge in [0.15, 0.2) is 0 Å². The molecule has 0 unspecified atom stereocenters. The van der Waals surface area contributed by atoms with Crippen molar-refractivity contribution in [1.82, 2.24) is 24.5 Å². The monoisotopic (exact) mass is 850 g/mol. The number of hydrogen-bond donors (Lipinski definition) is 0. The van der Waals surface area contributed by atoms with E-state index in [-0.39, 0.29) is 20.1 Å². The standard InChI is InChI=1S/C26H19N4O.C16H20NSi.Ir/c1-15-13-23-21(14-27-15)19-10-7-11-20(25(19)31-23)26-29-22-12-16(2)28-17(3)24(22)30(26)18-8-5-4-6-9-18;1-5-13-11-15(14-9-7-6-8-10-14)17-12-16(13)18(2,3)4;/h4-10,12-14H,1-3H3;6-9,11-12H,5H2,1-4H3;/q2*-1;. The van der Waals surface area contributed by atoms with Crippen LogP contribution in [0.3, 0.4) is 0 Å². The molecule has 0 amide bonds. The van der Waals surface area contributed by atoms with Crippen LogP contribution in [0.2, 0.25) is 19.6 Å². The zero-order valence-electron chi connectivity index (χ0n) is 29.4. The third kappa shape index (κ3) is 6.71. The molecular weight excluding hydrogens is 811 g/mol. The van der Waals surface area contributed by atoms with Crippen LogP contribution >= 0.6 is 0 Å². The summed E-state index contributed by atoms with van der Waals surface area (Å²) in [5, 5.41) is 3.48. The van der Waals surface area contributed by atoms with Crippen LogP contribution in [0.1, 0.15) is 29.6 Å². The first-order valence-corrected chi connectivity index (χ1v) is 20.2. The summed E-state index contributed by atoms with van der Waals surface area (Å²) in [6.07, 6.45) is 5.03. The Bertz CT molecular complexity index is 2450. The van der Waals surface area contributed by atoms with Gasteiger partial charge in [-0.2, -0.15) is 0 Å². The van der Waals surface area contributed by atoms with E-state index in [4.69, 9.17) is 14.4 Å². The van der Waals surface area contributed by atoms with Crippen LogP contribution < -0.4 is 5.19 Å². The number of hydrogen-bond acceptors (Lipinski definition) is 5. The number of pyridine rings is 3. The van der Waals surface area contributed by atoms with Gasteiger partial charge in [-0.25, -0.2) is 0 Å². The van der Waals surface area contributed by atoms with Crippen LogP contribution in [0.25, 0.3) is 61.3 Å². The van der Waals surface area contributed by atoms with Crippen molar-refractivity contribution in [3.05, 3.63) is 132 Å². The second-order valence-corrected chi connectivity index (χ2v) is 18.5. The Morgan fingerprint density at radius 3 is 2.28 bits per heavy atom. The molecule has 8 heteroatoms. The van der Waals surface area contributed by atoms with Gasteiger partial charge in [-0.15, -0.1) is 54.1 Å². The minimum Gasteiger partial charge on any atom is -0.500 e. The summed E-state index contributed by atoms with van der Waals surface area (Å²) in [4.78, 5) is 18.8. The fourth-order valence-corrected chi connectivity index (χ4v) is 8.16. The van der Waals surface area contributed by atoms with Crippen molar-refractivity contribution in [2.45, 2.75) is 53.8 Å². The molecule has 8 aromatic rings. The summed E-state index contributed by atoms with van der Waals surface area (Å²) in [5.74, 6) is 0.783. The number of rotatable bonds is 5. The van der Waals surface area contributed by atoms with Crippen LogP contribution in [0.15, 0.2) is 102 Å². The van der Waals surface area contributed by atoms with Crippen LogP contribution in [-0.2, 0) is 26.5 Å². The maximum Gasteiger partial charge on any atom is 0.124 e. The summed E-state index contributed by atoms with van der Waals surface area (Å²) >= 11 is 0. The summed E-state index contributed by atoms with van der Waals surface area (Å²) in [5.41, 5.74) is 11.7. The number of para-hydroxylation sites is 1. The topological polar surface area (TPSA) is 69.6 Å². The van der Waals surface area contributed by atoms with Crippen molar-refractivity contribution in [2.24, 2.45) is 0 Å². The van der Waals surface area contributed by atoms with E-state index in [9.17, 15) is 0 Å². The third-order valence-electron chi connectivity index (χ3n) is 8.79. The molecule has 0 spiro atoms. The van der Waals surface area contributed by atoms with Crippen molar-refractivity contribution in [2.75, 3.05) is 0 Å². The van der Waals surface area contributed by atoms with Gasteiger partial charge < -0.3 is 14.0 Å². The molecule has 6 nitrogen and oxygen atoms in total. The number of aromatic nitrogens is 5. The van der Waals surface area contributed by atoms with Gasteiger partial charge in [0.1, 0.15) is 5.58 Å². The zero-order valence-corrected chi connectivity index (χ0v) is 32.8. The summed E-state index contributed by atoms with van der Waals surface area (Å²) in [7, 11) is -1.30. The minimum absolute atomic E-state index is 0. The number of nitrogens with zero attached hydrogens (tertiary/aromatic N) is 5. The van der Waals surface area contributed by atoms with E-state index < -0.39 is 8.07 Å². The van der Waals surface area contributed by atoms with Gasteiger partial charge in [-0.1, -0.05) is 67.3 Å². The molecule has 0 saturated heterocycles. The van der Waals surface area contributed by atoms with E-state index in [0.717, 1.165) is 84.8 Å². The second kappa shape index (κ2) is 14.2. The van der Waals surface area contributed by atoms with Crippen LogP contribution in [0, 0.1) is 32.9 Å². The maximum absolute atomic E-state index is 6.32. The molecule has 50 heavy (non-hydrogen) atoms. The van der Waals surface area contributed by atoms with Crippen molar-refractivity contribution >= 4 is 46.2 Å². The molecule has 8 rings (SSSR count). The van der Waals surface area contributed by atoms with Crippen LogP contribution in [-0.4, -0.2) is 32.6 Å². The fraction of sp³-hybridized carbons (Fsp3) is 0.190. The Balaban J connectivity index is 0.000000196. The molecule has 0 fully saturated rings. The smallest absolute Gasteiger partial charge is 0.124 e. The Morgan fingerprint density at radius 1 is 0.780 bits per heavy atom. The Hall–Kier alpha value is -4.75. The van der Waals surface area contributed by atoms with Crippen molar-refractivity contribution < 1.29 is 24.5 Å². The van der Waals surface area contributed by atoms with Crippen molar-refractivity contribution in [3.8, 4) is 28.3 Å². The number of furan rings is 1. The molecule has 3 aromatic carbocycles. The molecule has 0 bridgehead atoms. The first kappa shape index (κ1) is 35.1. The van der Waals surface area contributed by atoms with Gasteiger partial charge in [0.25, 0.3) is 0 Å². The molecule has 1 radical (unpaired) electrons. The average Bonchev–Trinajstić information content (AvgIpc) is 3.67. The molecule has 5 heterocycles. The van der Waals surface area contributed by atoms with E-state index in [1.165, 1.54) is 10.8 Å². The molecule has 5 aromatic heterocycles. The molecule has 0 aliphatic carbocycles. The zero-order chi connectivity index (χ0) is 34.3. The molecule has 0 aliphatic rings. The Morgan fingerprint density at radius 2 is 1.56 bits per heavy atom. The summed E-state index contributed by atoms with van der Waals surface area (Å²) in [6.45, 7) is 15.3. The first-order chi connectivity index (χ1) is 23.6. The predicted octanol–water partition coefficient (Wildman–Crippen LogP) is 9.76. The quantitative estimate of drug-likeness (QED) is 0.128. The number of aryl methyl sites for hydroxylation is 4. The summed E-state index contributed by atoms with van der Waals surface area (Å²) < 4.78 is 8.47. The third-order valence-corrected chi connectivity index (χ3v) is 10.9. The number of benzene rings is 3. The van der Waals surface area contributed by atoms with Crippen LogP contribution in [0.5, 0.6) is 0 Å². The molecule has 0 N–H and O–H groups in total. The van der Waals surface area contributed by atoms with E-state index in [0.29, 0.717) is 0 Å². The normalized spacial score (nSPS) is 11.4. The second-order valence-electron chi connectivity index (χ2n) is 13.4. The van der Waals surface area contributed by atoms with Crippen molar-refractivity contribution in [3.63, 3.8) is 0 Å². The van der Waals surface area contributed by atoms with Gasteiger partial charge in [0.05, 0.1) is 36.2 Å². The van der Waals surface area contributed by atoms with E-state index in [1.54, 1.807) is 0 Å². The van der Waals surface area contributed by atoms with E-state index in [1.807, 2.05) is 87.6 Å². The predicted molar refractivity (Wildman–Crippen MR) is 203 cm³/mol. The number of imidazole rings is 1. The largest absolute Gasteiger partial charge is 0.500 e. The van der Waals surface area contributed by atoms with E-state index in [2.05, 4.69) is 83.7 Å². The van der Waals surface area contributed by atoms with Gasteiger partial charge in [0, 0.05) is 61.0 Å². The Kier molecular flexibility index (Phi) is 9.99. The molecule has 253 valence electrons. The fourth-order valence-electron chi connectivity index (χ4n) is 6.49. The summed E-state index contributed by atoms with van der Waals surface area (Å²) in [6, 6.07) is 35.1. The molecule has 0 saturated carbocycles. The maximum atomic E-state index is 6.32. The first-order valence-electron chi connectivity index (χ1n) is 16.7. The van der Waals surface area contributed by atoms with Gasteiger partial charge >= 0.3 is 0 Å². The van der Waals surface area contributed by atoms with Crippen molar-refractivity contribution in [1.29, 1.82) is 0 Å². The van der Waals surface area contributed by atoms with Gasteiger partial charge in [-0.05, 0) is 56.3 Å². The Labute approximate surface area is 308 Å². The molecular formula is C42H39IrN5OSi-2. The van der Waals surface area contributed by atoms with Gasteiger partial charge in [0.2, 0.25) is 0 Å². The number of fused-ring (bicyclic) bond motifs is 4.